The van der Waals surface area contributed by atoms with E-state index in [-0.39, 0.29) is 12.4 Å². The van der Waals surface area contributed by atoms with Crippen molar-refractivity contribution in [2.75, 3.05) is 7.11 Å². The summed E-state index contributed by atoms with van der Waals surface area (Å²) in [5.74, 6) is 0.0890. The van der Waals surface area contributed by atoms with Gasteiger partial charge in [-0.1, -0.05) is 35.3 Å². The van der Waals surface area contributed by atoms with E-state index in [9.17, 15) is 4.39 Å². The van der Waals surface area contributed by atoms with Crippen LogP contribution in [0.2, 0.25) is 10.2 Å². The third kappa shape index (κ3) is 5.16. The van der Waals surface area contributed by atoms with E-state index in [0.29, 0.717) is 20.5 Å². The van der Waals surface area contributed by atoms with Crippen LogP contribution >= 0.6 is 61.7 Å². The van der Waals surface area contributed by atoms with Crippen LogP contribution in [-0.2, 0) is 11.3 Å². The first-order valence-corrected chi connectivity index (χ1v) is 10.7. The molecule has 3 rings (SSSR count). The van der Waals surface area contributed by atoms with Crippen molar-refractivity contribution in [1.82, 2.24) is 4.98 Å². The lowest BCUT2D eigenvalue weighted by atomic mass is 9.97. The highest BCUT2D eigenvalue weighted by molar-refractivity contribution is 14.1. The van der Waals surface area contributed by atoms with Gasteiger partial charge in [-0.05, 0) is 85.5 Å². The Morgan fingerprint density at radius 1 is 1.14 bits per heavy atom. The zero-order valence-electron chi connectivity index (χ0n) is 14.6. The number of ether oxygens (including phenoxy) is 2. The molecule has 0 saturated heterocycles. The third-order valence-electron chi connectivity index (χ3n) is 4.01. The lowest BCUT2D eigenvalue weighted by molar-refractivity contribution is 0.133. The Labute approximate surface area is 194 Å². The molecule has 146 valence electrons. The summed E-state index contributed by atoms with van der Waals surface area (Å²) in [5.41, 5.74) is 2.52. The molecule has 1 unspecified atom stereocenters. The Kier molecular flexibility index (Phi) is 7.55. The van der Waals surface area contributed by atoms with Crippen LogP contribution in [0.25, 0.3) is 0 Å². The highest BCUT2D eigenvalue weighted by Gasteiger charge is 2.22. The van der Waals surface area contributed by atoms with Crippen LogP contribution in [-0.4, -0.2) is 12.1 Å². The zero-order chi connectivity index (χ0) is 20.3. The van der Waals surface area contributed by atoms with E-state index >= 15 is 0 Å². The molecule has 28 heavy (non-hydrogen) atoms. The largest absolute Gasteiger partial charge is 0.473 e. The average Bonchev–Trinajstić information content (AvgIpc) is 2.66. The van der Waals surface area contributed by atoms with Gasteiger partial charge in [-0.25, -0.2) is 9.37 Å². The van der Waals surface area contributed by atoms with Crippen LogP contribution in [0.4, 0.5) is 4.39 Å². The third-order valence-corrected chi connectivity index (χ3v) is 6.00. The molecule has 0 fully saturated rings. The summed E-state index contributed by atoms with van der Waals surface area (Å²) in [5, 5.41) is 0.923. The SMILES string of the molecule is COC(c1cc(Br)c(F)cc1I)c1cc(Cl)ccc1COc1cccc(Cl)n1. The van der Waals surface area contributed by atoms with E-state index in [1.165, 1.54) is 6.07 Å². The first-order valence-electron chi connectivity index (χ1n) is 8.10. The number of hydrogen-bond acceptors (Lipinski definition) is 3. The lowest BCUT2D eigenvalue weighted by Gasteiger charge is -2.22. The van der Waals surface area contributed by atoms with Crippen LogP contribution in [0.3, 0.4) is 0 Å². The van der Waals surface area contributed by atoms with Crippen molar-refractivity contribution >= 4 is 61.7 Å². The van der Waals surface area contributed by atoms with Crippen LogP contribution in [0.1, 0.15) is 22.8 Å². The first kappa shape index (κ1) is 21.8. The highest BCUT2D eigenvalue weighted by atomic mass is 127. The van der Waals surface area contributed by atoms with E-state index < -0.39 is 6.10 Å². The Morgan fingerprint density at radius 2 is 1.93 bits per heavy atom. The highest BCUT2D eigenvalue weighted by Crippen LogP contribution is 2.35. The van der Waals surface area contributed by atoms with E-state index in [1.54, 1.807) is 37.4 Å². The van der Waals surface area contributed by atoms with Gasteiger partial charge in [0.15, 0.2) is 0 Å². The molecule has 0 radical (unpaired) electrons. The van der Waals surface area contributed by atoms with Gasteiger partial charge in [-0.15, -0.1) is 0 Å². The van der Waals surface area contributed by atoms with Gasteiger partial charge < -0.3 is 9.47 Å². The number of halogens is 5. The minimum absolute atomic E-state index is 0.249. The second kappa shape index (κ2) is 9.71. The maximum atomic E-state index is 13.9. The van der Waals surface area contributed by atoms with Gasteiger partial charge in [0, 0.05) is 21.8 Å². The normalized spacial score (nSPS) is 12.1. The summed E-state index contributed by atoms with van der Waals surface area (Å²) < 4.78 is 26.5. The number of nitrogens with zero attached hydrogens (tertiary/aromatic N) is 1. The van der Waals surface area contributed by atoms with Crippen molar-refractivity contribution in [2.45, 2.75) is 12.7 Å². The monoisotopic (exact) mass is 595 g/mol. The molecule has 3 nitrogen and oxygen atoms in total. The van der Waals surface area contributed by atoms with Crippen molar-refractivity contribution in [3.8, 4) is 5.88 Å². The van der Waals surface area contributed by atoms with Crippen LogP contribution in [0.15, 0.2) is 53.0 Å². The fourth-order valence-corrected chi connectivity index (χ4v) is 4.13. The van der Waals surface area contributed by atoms with Gasteiger partial charge in [0.25, 0.3) is 0 Å². The van der Waals surface area contributed by atoms with Crippen molar-refractivity contribution in [2.24, 2.45) is 0 Å². The van der Waals surface area contributed by atoms with Crippen LogP contribution in [0, 0.1) is 9.39 Å². The molecule has 0 amide bonds. The second-order valence-electron chi connectivity index (χ2n) is 5.83. The summed E-state index contributed by atoms with van der Waals surface area (Å²) in [7, 11) is 1.60. The Bertz CT molecular complexity index is 1010. The predicted molar refractivity (Wildman–Crippen MR) is 121 cm³/mol. The molecule has 0 spiro atoms. The van der Waals surface area contributed by atoms with Gasteiger partial charge in [0.2, 0.25) is 5.88 Å². The van der Waals surface area contributed by atoms with Gasteiger partial charge in [-0.3, -0.25) is 0 Å². The molecule has 0 aliphatic carbocycles. The molecule has 0 aliphatic rings. The summed E-state index contributed by atoms with van der Waals surface area (Å²) in [6, 6.07) is 13.8. The summed E-state index contributed by atoms with van der Waals surface area (Å²) in [4.78, 5) is 4.13. The van der Waals surface area contributed by atoms with Crippen molar-refractivity contribution in [3.05, 3.63) is 89.3 Å². The number of pyridine rings is 1. The average molecular weight is 597 g/mol. The van der Waals surface area contributed by atoms with E-state index in [0.717, 1.165) is 20.3 Å². The molecular formula is C20H14BrCl2FINO2. The molecule has 1 aromatic heterocycles. The molecule has 2 aromatic carbocycles. The minimum Gasteiger partial charge on any atom is -0.473 e. The number of rotatable bonds is 6. The molecule has 3 aromatic rings. The van der Waals surface area contributed by atoms with Crippen molar-refractivity contribution < 1.29 is 13.9 Å². The van der Waals surface area contributed by atoms with Crippen molar-refractivity contribution in [3.63, 3.8) is 0 Å². The topological polar surface area (TPSA) is 31.4 Å². The van der Waals surface area contributed by atoms with Gasteiger partial charge in [0.1, 0.15) is 23.7 Å². The van der Waals surface area contributed by atoms with E-state index in [1.807, 2.05) is 12.1 Å². The number of methoxy groups -OCH3 is 1. The maximum absolute atomic E-state index is 13.9. The van der Waals surface area contributed by atoms with Gasteiger partial charge in [0.05, 0.1) is 4.47 Å². The summed E-state index contributed by atoms with van der Waals surface area (Å²) in [6.07, 6.45) is -0.451. The molecule has 0 aliphatic heterocycles. The molecule has 1 atom stereocenters. The lowest BCUT2D eigenvalue weighted by Crippen LogP contribution is -2.11. The number of hydrogen-bond donors (Lipinski definition) is 0. The smallest absolute Gasteiger partial charge is 0.214 e. The van der Waals surface area contributed by atoms with Crippen LogP contribution in [0.5, 0.6) is 5.88 Å². The minimum atomic E-state index is -0.451. The Hall–Kier alpha value is -0.930. The Balaban J connectivity index is 1.97. The number of benzene rings is 2. The fraction of sp³-hybridized carbons (Fsp3) is 0.150. The quantitative estimate of drug-likeness (QED) is 0.171. The Morgan fingerprint density at radius 3 is 2.64 bits per heavy atom. The standard InChI is InChI=1S/C20H14BrCl2FINO2/c1-27-20(14-8-15(21)16(24)9-17(14)25)13-7-12(22)6-5-11(13)10-28-19-4-2-3-18(23)26-19/h2-9,20H,10H2,1H3. The molecular weight excluding hydrogens is 583 g/mol. The fourth-order valence-electron chi connectivity index (χ4n) is 2.72. The molecule has 1 heterocycles. The predicted octanol–water partition coefficient (Wildman–Crippen LogP) is 7.21. The van der Waals surface area contributed by atoms with Gasteiger partial charge >= 0.3 is 0 Å². The number of aromatic nitrogens is 1. The molecule has 0 bridgehead atoms. The van der Waals surface area contributed by atoms with Crippen LogP contribution < -0.4 is 4.74 Å². The van der Waals surface area contributed by atoms with E-state index in [2.05, 4.69) is 43.5 Å². The molecule has 8 heteroatoms. The molecule has 0 saturated carbocycles. The molecule has 0 N–H and O–H groups in total. The van der Waals surface area contributed by atoms with E-state index in [4.69, 9.17) is 32.7 Å². The maximum Gasteiger partial charge on any atom is 0.214 e. The van der Waals surface area contributed by atoms with Crippen molar-refractivity contribution in [1.29, 1.82) is 0 Å². The second-order valence-corrected chi connectivity index (χ2v) is 8.67. The summed E-state index contributed by atoms with van der Waals surface area (Å²) in [6.45, 7) is 0.249. The van der Waals surface area contributed by atoms with Gasteiger partial charge in [-0.2, -0.15) is 0 Å². The summed E-state index contributed by atoms with van der Waals surface area (Å²) >= 11 is 17.5. The zero-order valence-corrected chi connectivity index (χ0v) is 19.8. The first-order chi connectivity index (χ1) is 13.4.